The normalized spacial score (nSPS) is 18.7. The summed E-state index contributed by atoms with van der Waals surface area (Å²) >= 11 is -0.327. The second-order valence-corrected chi connectivity index (χ2v) is 4.52. The summed E-state index contributed by atoms with van der Waals surface area (Å²) in [4.78, 5) is 11.1. The molecule has 1 unspecified atom stereocenters. The molecule has 15 heavy (non-hydrogen) atoms. The summed E-state index contributed by atoms with van der Waals surface area (Å²) in [5.74, 6) is -0.832. The molecular weight excluding hydrogens is 229 g/mol. The van der Waals surface area contributed by atoms with E-state index in [1.54, 1.807) is 0 Å². The first kappa shape index (κ1) is 12.6. The molecule has 1 atom stereocenters. The van der Waals surface area contributed by atoms with Crippen LogP contribution in [0.2, 0.25) is 0 Å². The zero-order chi connectivity index (χ0) is 11.5. The summed E-state index contributed by atoms with van der Waals surface area (Å²) in [7, 11) is 0. The van der Waals surface area contributed by atoms with Crippen molar-refractivity contribution in [3.8, 4) is 0 Å². The Morgan fingerprint density at radius 2 is 2.13 bits per heavy atom. The molecule has 0 aromatic rings. The quantitative estimate of drug-likeness (QED) is 0.759. The van der Waals surface area contributed by atoms with Gasteiger partial charge < -0.3 is 11.1 Å². The Hall–Kier alpha value is -0.430. The summed E-state index contributed by atoms with van der Waals surface area (Å²) < 4.78 is 35.3. The molecule has 1 amide bonds. The SMILES string of the molecule is NCC(NC(=O)CSC(F)(F)F)C1CC1. The van der Waals surface area contributed by atoms with Crippen LogP contribution in [0.3, 0.4) is 0 Å². The molecule has 1 aliphatic rings. The Labute approximate surface area is 90.0 Å². The van der Waals surface area contributed by atoms with Crippen LogP contribution in [0.4, 0.5) is 13.2 Å². The van der Waals surface area contributed by atoms with Gasteiger partial charge in [-0.25, -0.2) is 0 Å². The lowest BCUT2D eigenvalue weighted by Gasteiger charge is -2.15. The largest absolute Gasteiger partial charge is 0.442 e. The van der Waals surface area contributed by atoms with Crippen LogP contribution in [-0.2, 0) is 4.79 Å². The number of halogens is 3. The van der Waals surface area contributed by atoms with E-state index in [0.717, 1.165) is 12.8 Å². The minimum absolute atomic E-state index is 0.161. The van der Waals surface area contributed by atoms with Crippen LogP contribution in [0, 0.1) is 5.92 Å². The van der Waals surface area contributed by atoms with E-state index in [-0.39, 0.29) is 24.3 Å². The lowest BCUT2D eigenvalue weighted by molar-refractivity contribution is -0.119. The van der Waals surface area contributed by atoms with Gasteiger partial charge in [0, 0.05) is 12.6 Å². The number of carbonyl (C=O) groups is 1. The van der Waals surface area contributed by atoms with E-state index in [0.29, 0.717) is 5.92 Å². The summed E-state index contributed by atoms with van der Waals surface area (Å²) in [5, 5.41) is 2.52. The van der Waals surface area contributed by atoms with Gasteiger partial charge in [0.05, 0.1) is 5.75 Å². The Morgan fingerprint density at radius 3 is 2.53 bits per heavy atom. The minimum atomic E-state index is -4.35. The van der Waals surface area contributed by atoms with Crippen molar-refractivity contribution in [2.45, 2.75) is 24.4 Å². The first-order valence-corrected chi connectivity index (χ1v) is 5.61. The standard InChI is InChI=1S/C8H13F3N2OS/c9-8(10,11)15-4-7(14)13-6(3-12)5-1-2-5/h5-6H,1-4,12H2,(H,13,14). The van der Waals surface area contributed by atoms with Gasteiger partial charge in [-0.05, 0) is 30.5 Å². The van der Waals surface area contributed by atoms with Crippen LogP contribution in [0.15, 0.2) is 0 Å². The van der Waals surface area contributed by atoms with E-state index in [1.165, 1.54) is 0 Å². The van der Waals surface area contributed by atoms with Crippen LogP contribution >= 0.6 is 11.8 Å². The number of thioether (sulfide) groups is 1. The highest BCUT2D eigenvalue weighted by Gasteiger charge is 2.33. The number of nitrogens with one attached hydrogen (secondary N) is 1. The topological polar surface area (TPSA) is 55.1 Å². The number of nitrogens with two attached hydrogens (primary N) is 1. The van der Waals surface area contributed by atoms with E-state index >= 15 is 0 Å². The molecule has 0 aromatic heterocycles. The predicted molar refractivity (Wildman–Crippen MR) is 52.2 cm³/mol. The zero-order valence-electron chi connectivity index (χ0n) is 8.01. The van der Waals surface area contributed by atoms with Crippen molar-refractivity contribution in [1.29, 1.82) is 0 Å². The number of amides is 1. The third-order valence-corrected chi connectivity index (χ3v) is 2.89. The molecule has 0 aromatic carbocycles. The Morgan fingerprint density at radius 1 is 1.53 bits per heavy atom. The first-order valence-electron chi connectivity index (χ1n) is 4.62. The van der Waals surface area contributed by atoms with Crippen LogP contribution in [0.5, 0.6) is 0 Å². The Bertz CT molecular complexity index is 230. The highest BCUT2D eigenvalue weighted by Crippen LogP contribution is 2.33. The van der Waals surface area contributed by atoms with Gasteiger partial charge in [0.25, 0.3) is 0 Å². The van der Waals surface area contributed by atoms with Crippen LogP contribution in [0.1, 0.15) is 12.8 Å². The molecule has 3 nitrogen and oxygen atoms in total. The highest BCUT2D eigenvalue weighted by atomic mass is 32.2. The van der Waals surface area contributed by atoms with Gasteiger partial charge in [0.1, 0.15) is 0 Å². The van der Waals surface area contributed by atoms with Crippen molar-refractivity contribution < 1.29 is 18.0 Å². The maximum absolute atomic E-state index is 11.8. The molecule has 0 heterocycles. The number of rotatable bonds is 5. The lowest BCUT2D eigenvalue weighted by atomic mass is 10.2. The van der Waals surface area contributed by atoms with Gasteiger partial charge >= 0.3 is 5.51 Å². The highest BCUT2D eigenvalue weighted by molar-refractivity contribution is 8.00. The molecule has 1 saturated carbocycles. The van der Waals surface area contributed by atoms with Gasteiger partial charge in [0.2, 0.25) is 5.91 Å². The van der Waals surface area contributed by atoms with Gasteiger partial charge in [-0.1, -0.05) is 0 Å². The maximum atomic E-state index is 11.8. The smallest absolute Gasteiger partial charge is 0.351 e. The molecule has 1 aliphatic carbocycles. The Kier molecular flexibility index (Phi) is 4.27. The summed E-state index contributed by atoms with van der Waals surface area (Å²) in [5.41, 5.74) is 1.05. The fourth-order valence-electron chi connectivity index (χ4n) is 1.26. The number of hydrogen-bond acceptors (Lipinski definition) is 3. The van der Waals surface area contributed by atoms with Crippen molar-refractivity contribution in [3.63, 3.8) is 0 Å². The molecule has 1 fully saturated rings. The summed E-state index contributed by atoms with van der Waals surface area (Å²) in [6.45, 7) is 0.285. The van der Waals surface area contributed by atoms with Gasteiger partial charge in [-0.3, -0.25) is 4.79 Å². The van der Waals surface area contributed by atoms with Crippen molar-refractivity contribution in [3.05, 3.63) is 0 Å². The van der Waals surface area contributed by atoms with Crippen molar-refractivity contribution in [1.82, 2.24) is 5.32 Å². The van der Waals surface area contributed by atoms with E-state index in [4.69, 9.17) is 5.73 Å². The fourth-order valence-corrected chi connectivity index (χ4v) is 1.64. The van der Waals surface area contributed by atoms with Crippen molar-refractivity contribution in [2.24, 2.45) is 11.7 Å². The molecule has 7 heteroatoms. The second kappa shape index (κ2) is 5.07. The zero-order valence-corrected chi connectivity index (χ0v) is 8.83. The molecule has 0 radical (unpaired) electrons. The second-order valence-electron chi connectivity index (χ2n) is 3.48. The first-order chi connectivity index (χ1) is 6.92. The number of carbonyl (C=O) groups excluding carboxylic acids is 1. The van der Waals surface area contributed by atoms with Gasteiger partial charge in [-0.2, -0.15) is 13.2 Å². The van der Waals surface area contributed by atoms with Gasteiger partial charge in [0.15, 0.2) is 0 Å². The van der Waals surface area contributed by atoms with Crippen LogP contribution in [0.25, 0.3) is 0 Å². The molecule has 0 bridgehead atoms. The molecule has 1 rings (SSSR count). The average Bonchev–Trinajstić information content (AvgIpc) is 2.93. The molecule has 0 aliphatic heterocycles. The van der Waals surface area contributed by atoms with Crippen LogP contribution < -0.4 is 11.1 Å². The Balaban J connectivity index is 2.22. The van der Waals surface area contributed by atoms with E-state index in [1.807, 2.05) is 0 Å². The van der Waals surface area contributed by atoms with E-state index < -0.39 is 17.2 Å². The van der Waals surface area contributed by atoms with Gasteiger partial charge in [-0.15, -0.1) is 0 Å². The molecule has 88 valence electrons. The van der Waals surface area contributed by atoms with Crippen molar-refractivity contribution in [2.75, 3.05) is 12.3 Å². The average molecular weight is 242 g/mol. The van der Waals surface area contributed by atoms with Crippen molar-refractivity contribution >= 4 is 17.7 Å². The third-order valence-electron chi connectivity index (χ3n) is 2.16. The van der Waals surface area contributed by atoms with Crippen LogP contribution in [-0.4, -0.2) is 29.8 Å². The summed E-state index contributed by atoms with van der Waals surface area (Å²) in [6.07, 6.45) is 1.99. The maximum Gasteiger partial charge on any atom is 0.442 e. The van der Waals surface area contributed by atoms with E-state index in [9.17, 15) is 18.0 Å². The number of hydrogen-bond donors (Lipinski definition) is 2. The fraction of sp³-hybridized carbons (Fsp3) is 0.875. The summed E-state index contributed by atoms with van der Waals surface area (Å²) in [6, 6.07) is -0.161. The molecular formula is C8H13F3N2OS. The number of alkyl halides is 3. The third kappa shape index (κ3) is 5.27. The predicted octanol–water partition coefficient (Wildman–Crippen LogP) is 1.09. The van der Waals surface area contributed by atoms with E-state index in [2.05, 4.69) is 5.32 Å². The molecule has 0 saturated heterocycles. The lowest BCUT2D eigenvalue weighted by Crippen LogP contribution is -2.42. The minimum Gasteiger partial charge on any atom is -0.351 e. The molecule has 0 spiro atoms. The monoisotopic (exact) mass is 242 g/mol. The molecule has 3 N–H and O–H groups in total.